The molecular formula is C21H24N4O3S. The molecule has 0 radical (unpaired) electrons. The first-order valence-electron chi connectivity index (χ1n) is 9.86. The molecule has 1 aliphatic rings. The number of H-pyrrole nitrogens is 1. The molecule has 2 heterocycles. The van der Waals surface area contributed by atoms with Crippen molar-refractivity contribution in [2.24, 2.45) is 0 Å². The van der Waals surface area contributed by atoms with Gasteiger partial charge in [-0.05, 0) is 43.2 Å². The molecule has 8 heteroatoms. The van der Waals surface area contributed by atoms with Gasteiger partial charge in [0.25, 0.3) is 5.91 Å². The Morgan fingerprint density at radius 1 is 1.07 bits per heavy atom. The van der Waals surface area contributed by atoms with Crippen molar-refractivity contribution in [2.45, 2.75) is 30.6 Å². The third kappa shape index (κ3) is 4.33. The minimum Gasteiger partial charge on any atom is -0.352 e. The Morgan fingerprint density at radius 3 is 2.66 bits per heavy atom. The normalized spacial score (nSPS) is 15.4. The van der Waals surface area contributed by atoms with E-state index in [2.05, 4.69) is 15.3 Å². The minimum absolute atomic E-state index is 0.171. The summed E-state index contributed by atoms with van der Waals surface area (Å²) in [6, 6.07) is 14.0. The van der Waals surface area contributed by atoms with E-state index >= 15 is 0 Å². The van der Waals surface area contributed by atoms with Crippen molar-refractivity contribution < 1.29 is 13.2 Å². The zero-order chi connectivity index (χ0) is 20.3. The number of rotatable bonds is 6. The maximum Gasteiger partial charge on any atom is 0.251 e. The van der Waals surface area contributed by atoms with Crippen molar-refractivity contribution in [3.05, 3.63) is 59.9 Å². The first-order chi connectivity index (χ1) is 14.0. The van der Waals surface area contributed by atoms with Crippen molar-refractivity contribution in [1.82, 2.24) is 19.6 Å². The Bertz CT molecular complexity index is 1080. The second-order valence-corrected chi connectivity index (χ2v) is 9.14. The van der Waals surface area contributed by atoms with Crippen LogP contribution in [0.5, 0.6) is 0 Å². The third-order valence-corrected chi connectivity index (χ3v) is 7.03. The number of piperidine rings is 1. The van der Waals surface area contributed by atoms with Gasteiger partial charge in [0.15, 0.2) is 0 Å². The fraction of sp³-hybridized carbons (Fsp3) is 0.333. The predicted molar refractivity (Wildman–Crippen MR) is 111 cm³/mol. The quantitative estimate of drug-likeness (QED) is 0.651. The second kappa shape index (κ2) is 8.34. The summed E-state index contributed by atoms with van der Waals surface area (Å²) in [5, 5.41) is 2.84. The van der Waals surface area contributed by atoms with Crippen LogP contribution < -0.4 is 5.32 Å². The predicted octanol–water partition coefficient (Wildman–Crippen LogP) is 2.71. The maximum atomic E-state index is 12.8. The molecule has 0 atom stereocenters. The molecule has 29 heavy (non-hydrogen) atoms. The summed E-state index contributed by atoms with van der Waals surface area (Å²) in [5.41, 5.74) is 2.20. The fourth-order valence-corrected chi connectivity index (χ4v) is 5.14. The smallest absolute Gasteiger partial charge is 0.251 e. The maximum absolute atomic E-state index is 12.8. The molecule has 0 aliphatic carbocycles. The number of aromatic nitrogens is 2. The molecular weight excluding hydrogens is 388 g/mol. The SMILES string of the molecule is O=C(NCCc1nc2ccccc2[nH]1)c1cccc(S(=O)(=O)N2CCCCC2)c1. The van der Waals surface area contributed by atoms with Gasteiger partial charge in [-0.1, -0.05) is 24.6 Å². The molecule has 4 rings (SSSR count). The van der Waals surface area contributed by atoms with Crippen LogP contribution in [0.4, 0.5) is 0 Å². The number of benzene rings is 2. The molecule has 2 aromatic carbocycles. The summed E-state index contributed by atoms with van der Waals surface area (Å²) in [4.78, 5) is 20.4. The highest BCUT2D eigenvalue weighted by Gasteiger charge is 2.26. The number of hydrogen-bond donors (Lipinski definition) is 2. The molecule has 2 N–H and O–H groups in total. The molecule has 1 amide bonds. The number of fused-ring (bicyclic) bond motifs is 1. The number of carbonyl (C=O) groups excluding carboxylic acids is 1. The summed E-state index contributed by atoms with van der Waals surface area (Å²) in [5.74, 6) is 0.504. The molecule has 0 saturated carbocycles. The number of amides is 1. The van der Waals surface area contributed by atoms with Crippen molar-refractivity contribution in [3.63, 3.8) is 0 Å². The average Bonchev–Trinajstić information content (AvgIpc) is 3.17. The number of sulfonamides is 1. The standard InChI is InChI=1S/C21H24N4O3S/c26-21(22-12-11-20-23-18-9-2-3-10-19(18)24-20)16-7-6-8-17(15-16)29(27,28)25-13-4-1-5-14-25/h2-3,6-10,15H,1,4-5,11-14H2,(H,22,26)(H,23,24). The van der Waals surface area contributed by atoms with Crippen molar-refractivity contribution >= 4 is 27.0 Å². The number of imidazole rings is 1. The van der Waals surface area contributed by atoms with E-state index in [1.807, 2.05) is 24.3 Å². The summed E-state index contributed by atoms with van der Waals surface area (Å²) < 4.78 is 27.2. The van der Waals surface area contributed by atoms with E-state index < -0.39 is 10.0 Å². The zero-order valence-electron chi connectivity index (χ0n) is 16.1. The van der Waals surface area contributed by atoms with Crippen LogP contribution in [0.15, 0.2) is 53.4 Å². The number of hydrogen-bond acceptors (Lipinski definition) is 4. The van der Waals surface area contributed by atoms with Crippen LogP contribution >= 0.6 is 0 Å². The van der Waals surface area contributed by atoms with Gasteiger partial charge in [-0.15, -0.1) is 0 Å². The van der Waals surface area contributed by atoms with E-state index in [0.717, 1.165) is 36.1 Å². The highest BCUT2D eigenvalue weighted by atomic mass is 32.2. The fourth-order valence-electron chi connectivity index (χ4n) is 3.57. The first kappa shape index (κ1) is 19.6. The number of nitrogens with one attached hydrogen (secondary N) is 2. The molecule has 0 bridgehead atoms. The summed E-state index contributed by atoms with van der Waals surface area (Å²) in [7, 11) is -3.56. The van der Waals surface area contributed by atoms with Crippen molar-refractivity contribution in [3.8, 4) is 0 Å². The molecule has 0 unspecified atom stereocenters. The summed E-state index contributed by atoms with van der Waals surface area (Å²) >= 11 is 0. The van der Waals surface area contributed by atoms with Crippen LogP contribution in [-0.2, 0) is 16.4 Å². The Morgan fingerprint density at radius 2 is 1.86 bits per heavy atom. The van der Waals surface area contributed by atoms with Crippen LogP contribution in [0.1, 0.15) is 35.4 Å². The monoisotopic (exact) mass is 412 g/mol. The Hall–Kier alpha value is -2.71. The first-order valence-corrected chi connectivity index (χ1v) is 11.3. The van der Waals surface area contributed by atoms with Crippen LogP contribution in [0.3, 0.4) is 0 Å². The Kier molecular flexibility index (Phi) is 5.64. The highest BCUT2D eigenvalue weighted by Crippen LogP contribution is 2.21. The van der Waals surface area contributed by atoms with E-state index in [4.69, 9.17) is 0 Å². The van der Waals surface area contributed by atoms with Gasteiger partial charge in [0.05, 0.1) is 15.9 Å². The van der Waals surface area contributed by atoms with Gasteiger partial charge in [-0.3, -0.25) is 4.79 Å². The molecule has 3 aromatic rings. The lowest BCUT2D eigenvalue weighted by Crippen LogP contribution is -2.35. The van der Waals surface area contributed by atoms with Gasteiger partial charge in [-0.2, -0.15) is 4.31 Å². The van der Waals surface area contributed by atoms with Gasteiger partial charge in [0.1, 0.15) is 5.82 Å². The van der Waals surface area contributed by atoms with Crippen LogP contribution in [0.25, 0.3) is 11.0 Å². The Balaban J connectivity index is 1.40. The van der Waals surface area contributed by atoms with Gasteiger partial charge < -0.3 is 10.3 Å². The van der Waals surface area contributed by atoms with E-state index in [1.165, 1.54) is 10.4 Å². The van der Waals surface area contributed by atoms with Crippen molar-refractivity contribution in [1.29, 1.82) is 0 Å². The van der Waals surface area contributed by atoms with Crippen LogP contribution in [-0.4, -0.2) is 48.2 Å². The summed E-state index contributed by atoms with van der Waals surface area (Å²) in [6.45, 7) is 1.48. The third-order valence-electron chi connectivity index (χ3n) is 5.13. The lowest BCUT2D eigenvalue weighted by atomic mass is 10.2. The minimum atomic E-state index is -3.56. The Labute approximate surface area is 170 Å². The van der Waals surface area contributed by atoms with Crippen LogP contribution in [0.2, 0.25) is 0 Å². The number of aromatic amines is 1. The zero-order valence-corrected chi connectivity index (χ0v) is 16.9. The van der Waals surface area contributed by atoms with Gasteiger partial charge >= 0.3 is 0 Å². The van der Waals surface area contributed by atoms with Crippen LogP contribution in [0, 0.1) is 0 Å². The number of nitrogens with zero attached hydrogens (tertiary/aromatic N) is 2. The van der Waals surface area contributed by atoms with Gasteiger partial charge in [-0.25, -0.2) is 13.4 Å². The van der Waals surface area contributed by atoms with Crippen molar-refractivity contribution in [2.75, 3.05) is 19.6 Å². The van der Waals surface area contributed by atoms with Gasteiger partial charge in [0.2, 0.25) is 10.0 Å². The lowest BCUT2D eigenvalue weighted by molar-refractivity contribution is 0.0954. The highest BCUT2D eigenvalue weighted by molar-refractivity contribution is 7.89. The topological polar surface area (TPSA) is 95.2 Å². The van der Waals surface area contributed by atoms with E-state index in [1.54, 1.807) is 18.2 Å². The molecule has 1 aliphatic heterocycles. The molecule has 152 valence electrons. The summed E-state index contributed by atoms with van der Waals surface area (Å²) in [6.07, 6.45) is 3.37. The van der Waals surface area contributed by atoms with E-state index in [0.29, 0.717) is 31.6 Å². The largest absolute Gasteiger partial charge is 0.352 e. The molecule has 1 saturated heterocycles. The molecule has 1 fully saturated rings. The number of para-hydroxylation sites is 2. The molecule has 0 spiro atoms. The molecule has 1 aromatic heterocycles. The lowest BCUT2D eigenvalue weighted by Gasteiger charge is -2.26. The second-order valence-electron chi connectivity index (χ2n) is 7.20. The average molecular weight is 413 g/mol. The van der Waals surface area contributed by atoms with E-state index in [9.17, 15) is 13.2 Å². The number of carbonyl (C=O) groups is 1. The van der Waals surface area contributed by atoms with Gasteiger partial charge in [0, 0.05) is 31.6 Å². The molecule has 7 nitrogen and oxygen atoms in total. The van der Waals surface area contributed by atoms with E-state index in [-0.39, 0.29) is 10.8 Å².